The van der Waals surface area contributed by atoms with Crippen LogP contribution in [0.5, 0.6) is 0 Å². The number of hydrogen-bond donors (Lipinski definition) is 4. The number of carbonyl (C=O) groups is 1. The molecule has 1 aromatic heterocycles. The fourth-order valence-electron chi connectivity index (χ4n) is 1.33. The monoisotopic (exact) mass is 234 g/mol. The second-order valence-electron chi connectivity index (χ2n) is 3.08. The Balaban J connectivity index is 0.00000112. The SMILES string of the molecule is Cl.O=C(Nc1nn[nH]n1)[C@H]1C[C@H](O)CN1. The topological polar surface area (TPSA) is 116 Å². The van der Waals surface area contributed by atoms with Crippen LogP contribution >= 0.6 is 12.4 Å². The van der Waals surface area contributed by atoms with Crippen LogP contribution < -0.4 is 10.6 Å². The zero-order valence-corrected chi connectivity index (χ0v) is 8.49. The van der Waals surface area contributed by atoms with E-state index in [9.17, 15) is 9.90 Å². The second-order valence-corrected chi connectivity index (χ2v) is 3.08. The first-order chi connectivity index (χ1) is 6.75. The average Bonchev–Trinajstić information content (AvgIpc) is 2.75. The third kappa shape index (κ3) is 2.85. The first kappa shape index (κ1) is 11.8. The van der Waals surface area contributed by atoms with Crippen LogP contribution in [0.2, 0.25) is 0 Å². The number of aliphatic hydroxyl groups is 1. The average molecular weight is 235 g/mol. The number of β-amino-alcohol motifs (C(OH)–C–C–N with tert-alkyl or cyclic N) is 1. The van der Waals surface area contributed by atoms with E-state index in [-0.39, 0.29) is 30.3 Å². The molecule has 1 aromatic rings. The quantitative estimate of drug-likeness (QED) is 0.484. The summed E-state index contributed by atoms with van der Waals surface area (Å²) in [5.74, 6) is -0.124. The zero-order chi connectivity index (χ0) is 9.97. The number of amides is 1. The molecule has 1 fully saturated rings. The second kappa shape index (κ2) is 5.01. The van der Waals surface area contributed by atoms with Crippen LogP contribution in [0, 0.1) is 0 Å². The minimum absolute atomic E-state index is 0. The highest BCUT2D eigenvalue weighted by Crippen LogP contribution is 2.07. The predicted octanol–water partition coefficient (Wildman–Crippen LogP) is -1.72. The van der Waals surface area contributed by atoms with Crippen molar-refractivity contribution in [3.05, 3.63) is 0 Å². The van der Waals surface area contributed by atoms with Crippen LogP contribution in [0.1, 0.15) is 6.42 Å². The third-order valence-corrected chi connectivity index (χ3v) is 2.00. The summed E-state index contributed by atoms with van der Waals surface area (Å²) in [6.07, 6.45) is -0.0556. The summed E-state index contributed by atoms with van der Waals surface area (Å²) in [6, 6.07) is -0.386. The molecule has 84 valence electrons. The number of aromatic amines is 1. The minimum atomic E-state index is -0.462. The first-order valence-corrected chi connectivity index (χ1v) is 4.21. The van der Waals surface area contributed by atoms with Gasteiger partial charge < -0.3 is 10.4 Å². The highest BCUT2D eigenvalue weighted by molar-refractivity contribution is 5.93. The van der Waals surface area contributed by atoms with E-state index < -0.39 is 6.10 Å². The number of hydrogen-bond acceptors (Lipinski definition) is 6. The molecule has 4 N–H and O–H groups in total. The van der Waals surface area contributed by atoms with Crippen molar-refractivity contribution < 1.29 is 9.90 Å². The Kier molecular flexibility index (Phi) is 3.95. The van der Waals surface area contributed by atoms with Crippen LogP contribution in [-0.2, 0) is 4.79 Å². The molecule has 9 heteroatoms. The largest absolute Gasteiger partial charge is 0.392 e. The van der Waals surface area contributed by atoms with E-state index in [1.165, 1.54) is 0 Å². The standard InChI is InChI=1S/C6H10N6O2.ClH/c13-3-1-4(7-2-3)5(14)8-6-9-11-12-10-6;/h3-4,7,13H,1-2H2,(H2,8,9,10,11,12,14);1H/t3-,4+;/m0./s1. The van der Waals surface area contributed by atoms with Gasteiger partial charge in [-0.15, -0.1) is 17.5 Å². The molecular formula is C6H11ClN6O2. The predicted molar refractivity (Wildman–Crippen MR) is 52.5 cm³/mol. The lowest BCUT2D eigenvalue weighted by atomic mass is 10.2. The Morgan fingerprint density at radius 1 is 1.60 bits per heavy atom. The Morgan fingerprint density at radius 3 is 2.93 bits per heavy atom. The normalized spacial score (nSPS) is 24.6. The van der Waals surface area contributed by atoms with Gasteiger partial charge in [0.05, 0.1) is 12.1 Å². The fourth-order valence-corrected chi connectivity index (χ4v) is 1.33. The van der Waals surface area contributed by atoms with E-state index in [1.54, 1.807) is 0 Å². The van der Waals surface area contributed by atoms with Crippen LogP contribution in [0.4, 0.5) is 5.95 Å². The number of nitrogens with one attached hydrogen (secondary N) is 3. The molecule has 1 amide bonds. The number of anilines is 1. The summed E-state index contributed by atoms with van der Waals surface area (Å²) in [7, 11) is 0. The Labute approximate surface area is 91.2 Å². The van der Waals surface area contributed by atoms with Crippen molar-refractivity contribution in [3.8, 4) is 0 Å². The summed E-state index contributed by atoms with van der Waals surface area (Å²) in [4.78, 5) is 11.5. The van der Waals surface area contributed by atoms with Gasteiger partial charge >= 0.3 is 0 Å². The van der Waals surface area contributed by atoms with Crippen molar-refractivity contribution in [2.24, 2.45) is 0 Å². The molecule has 0 aliphatic carbocycles. The lowest BCUT2D eigenvalue weighted by molar-refractivity contribution is -0.118. The number of aromatic nitrogens is 4. The van der Waals surface area contributed by atoms with Crippen LogP contribution in [0.25, 0.3) is 0 Å². The first-order valence-electron chi connectivity index (χ1n) is 4.21. The molecule has 2 heterocycles. The van der Waals surface area contributed by atoms with E-state index in [0.717, 1.165) is 0 Å². The van der Waals surface area contributed by atoms with Gasteiger partial charge in [-0.25, -0.2) is 0 Å². The molecule has 15 heavy (non-hydrogen) atoms. The summed E-state index contributed by atoms with van der Waals surface area (Å²) < 4.78 is 0. The van der Waals surface area contributed by atoms with Crippen molar-refractivity contribution in [2.75, 3.05) is 11.9 Å². The van der Waals surface area contributed by atoms with Crippen molar-refractivity contribution in [2.45, 2.75) is 18.6 Å². The molecule has 1 aliphatic heterocycles. The van der Waals surface area contributed by atoms with Crippen LogP contribution in [0.15, 0.2) is 0 Å². The van der Waals surface area contributed by atoms with Gasteiger partial charge in [0.25, 0.3) is 5.95 Å². The van der Waals surface area contributed by atoms with Gasteiger partial charge in [-0.1, -0.05) is 5.10 Å². The molecule has 0 saturated carbocycles. The van der Waals surface area contributed by atoms with Crippen LogP contribution in [-0.4, -0.2) is 50.3 Å². The van der Waals surface area contributed by atoms with Gasteiger partial charge in [0.1, 0.15) is 0 Å². The molecule has 0 radical (unpaired) electrons. The van der Waals surface area contributed by atoms with Gasteiger partial charge in [0, 0.05) is 6.54 Å². The molecule has 2 atom stereocenters. The Bertz CT molecular complexity index is 317. The number of rotatable bonds is 2. The van der Waals surface area contributed by atoms with E-state index in [2.05, 4.69) is 31.3 Å². The Hall–Kier alpha value is -1.25. The van der Waals surface area contributed by atoms with E-state index in [0.29, 0.717) is 13.0 Å². The third-order valence-electron chi connectivity index (χ3n) is 2.00. The molecule has 1 saturated heterocycles. The van der Waals surface area contributed by atoms with Crippen molar-refractivity contribution in [1.82, 2.24) is 25.9 Å². The summed E-state index contributed by atoms with van der Waals surface area (Å²) in [5, 5.41) is 27.2. The number of halogens is 1. The fraction of sp³-hybridized carbons (Fsp3) is 0.667. The molecular weight excluding hydrogens is 224 g/mol. The van der Waals surface area contributed by atoms with E-state index in [4.69, 9.17) is 0 Å². The Morgan fingerprint density at radius 2 is 2.40 bits per heavy atom. The van der Waals surface area contributed by atoms with Gasteiger partial charge in [0.15, 0.2) is 0 Å². The maximum Gasteiger partial charge on any atom is 0.269 e. The lowest BCUT2D eigenvalue weighted by Crippen LogP contribution is -2.35. The smallest absolute Gasteiger partial charge is 0.269 e. The molecule has 0 aromatic carbocycles. The molecule has 0 bridgehead atoms. The molecule has 1 aliphatic rings. The summed E-state index contributed by atoms with van der Waals surface area (Å²) in [6.45, 7) is 0.435. The number of tetrazole rings is 1. The van der Waals surface area contributed by atoms with Gasteiger partial charge in [-0.3, -0.25) is 10.1 Å². The van der Waals surface area contributed by atoms with Crippen molar-refractivity contribution >= 4 is 24.3 Å². The van der Waals surface area contributed by atoms with Crippen molar-refractivity contribution in [3.63, 3.8) is 0 Å². The van der Waals surface area contributed by atoms with Gasteiger partial charge in [-0.05, 0) is 11.6 Å². The van der Waals surface area contributed by atoms with Crippen LogP contribution in [0.3, 0.4) is 0 Å². The van der Waals surface area contributed by atoms with Crippen molar-refractivity contribution in [1.29, 1.82) is 0 Å². The molecule has 0 spiro atoms. The zero-order valence-electron chi connectivity index (χ0n) is 7.67. The summed E-state index contributed by atoms with van der Waals surface area (Å²) in [5.41, 5.74) is 0. The molecule has 8 nitrogen and oxygen atoms in total. The maximum atomic E-state index is 11.5. The number of nitrogens with zero attached hydrogens (tertiary/aromatic N) is 3. The van der Waals surface area contributed by atoms with E-state index >= 15 is 0 Å². The highest BCUT2D eigenvalue weighted by Gasteiger charge is 2.28. The highest BCUT2D eigenvalue weighted by atomic mass is 35.5. The number of H-pyrrole nitrogens is 1. The van der Waals surface area contributed by atoms with Gasteiger partial charge in [0.2, 0.25) is 5.91 Å². The maximum absolute atomic E-state index is 11.5. The summed E-state index contributed by atoms with van der Waals surface area (Å²) >= 11 is 0. The van der Waals surface area contributed by atoms with E-state index in [1.807, 2.05) is 0 Å². The van der Waals surface area contributed by atoms with Gasteiger partial charge in [-0.2, -0.15) is 5.21 Å². The molecule has 0 unspecified atom stereocenters. The lowest BCUT2D eigenvalue weighted by Gasteiger charge is -2.07. The number of carbonyl (C=O) groups excluding carboxylic acids is 1. The number of aliphatic hydroxyl groups excluding tert-OH is 1. The molecule has 2 rings (SSSR count). The minimum Gasteiger partial charge on any atom is -0.392 e.